The molecule has 2 saturated heterocycles. The number of likely N-dealkylation sites (tertiary alicyclic amines) is 1. The number of hydrogen-bond donors (Lipinski definition) is 1. The molecule has 0 saturated carbocycles. The van der Waals surface area contributed by atoms with Gasteiger partial charge < -0.3 is 15.5 Å². The smallest absolute Gasteiger partial charge is 0.314 e. The van der Waals surface area contributed by atoms with Crippen molar-refractivity contribution in [2.45, 2.75) is 6.92 Å². The average Bonchev–Trinajstić information content (AvgIpc) is 2.87. The van der Waals surface area contributed by atoms with E-state index < -0.39 is 0 Å². The number of benzene rings is 1. The van der Waals surface area contributed by atoms with E-state index in [2.05, 4.69) is 36.1 Å². The van der Waals surface area contributed by atoms with Crippen LogP contribution in [0.1, 0.15) is 5.56 Å². The van der Waals surface area contributed by atoms with E-state index >= 15 is 0 Å². The van der Waals surface area contributed by atoms with Crippen molar-refractivity contribution in [3.8, 4) is 0 Å². The molecular weight excluding hydrogens is 226 g/mol. The first kappa shape index (κ1) is 11.4. The second-order valence-electron chi connectivity index (χ2n) is 5.50. The van der Waals surface area contributed by atoms with E-state index in [4.69, 9.17) is 5.73 Å². The molecule has 18 heavy (non-hydrogen) atoms. The first-order chi connectivity index (χ1) is 8.63. The van der Waals surface area contributed by atoms with Crippen LogP contribution in [-0.4, -0.2) is 37.1 Å². The maximum Gasteiger partial charge on any atom is 0.314 e. The molecule has 2 atom stereocenters. The van der Waals surface area contributed by atoms with Crippen LogP contribution in [-0.2, 0) is 0 Å². The van der Waals surface area contributed by atoms with Crippen molar-refractivity contribution in [3.63, 3.8) is 0 Å². The van der Waals surface area contributed by atoms with Crippen LogP contribution in [0.4, 0.5) is 10.5 Å². The molecule has 2 aliphatic rings. The standard InChI is InChI=1S/C14H19N3O/c1-10-2-4-13(5-3-10)16-6-11-8-17(14(15)18)9-12(11)7-16/h2-5,11-12H,6-9H2,1H3,(H2,15,18). The summed E-state index contributed by atoms with van der Waals surface area (Å²) in [5, 5.41) is 0. The fourth-order valence-electron chi connectivity index (χ4n) is 3.14. The highest BCUT2D eigenvalue weighted by Crippen LogP contribution is 2.33. The number of primary amides is 1. The third-order valence-corrected chi connectivity index (χ3v) is 4.20. The number of urea groups is 1. The molecule has 0 bridgehead atoms. The molecule has 0 aliphatic carbocycles. The number of anilines is 1. The Labute approximate surface area is 107 Å². The van der Waals surface area contributed by atoms with Crippen LogP contribution in [0.3, 0.4) is 0 Å². The predicted molar refractivity (Wildman–Crippen MR) is 71.5 cm³/mol. The molecule has 0 aromatic heterocycles. The van der Waals surface area contributed by atoms with Gasteiger partial charge >= 0.3 is 6.03 Å². The molecule has 3 rings (SSSR count). The van der Waals surface area contributed by atoms with E-state index in [0.717, 1.165) is 26.2 Å². The molecule has 2 unspecified atom stereocenters. The van der Waals surface area contributed by atoms with Gasteiger partial charge in [0, 0.05) is 43.7 Å². The molecule has 0 radical (unpaired) electrons. The van der Waals surface area contributed by atoms with Crippen molar-refractivity contribution in [2.75, 3.05) is 31.1 Å². The Kier molecular flexibility index (Phi) is 2.65. The van der Waals surface area contributed by atoms with Gasteiger partial charge in [0.25, 0.3) is 0 Å². The Bertz CT molecular complexity index is 443. The third-order valence-electron chi connectivity index (χ3n) is 4.20. The molecule has 2 heterocycles. The molecule has 2 N–H and O–H groups in total. The molecular formula is C14H19N3O. The lowest BCUT2D eigenvalue weighted by Gasteiger charge is -2.22. The van der Waals surface area contributed by atoms with Crippen molar-refractivity contribution in [2.24, 2.45) is 17.6 Å². The minimum atomic E-state index is -0.272. The Morgan fingerprint density at radius 3 is 2.17 bits per heavy atom. The van der Waals surface area contributed by atoms with Crippen molar-refractivity contribution in [1.29, 1.82) is 0 Å². The molecule has 2 amide bonds. The highest BCUT2D eigenvalue weighted by Gasteiger charge is 2.41. The van der Waals surface area contributed by atoms with Gasteiger partial charge in [0.15, 0.2) is 0 Å². The molecule has 2 fully saturated rings. The van der Waals surface area contributed by atoms with Crippen LogP contribution in [0.5, 0.6) is 0 Å². The lowest BCUT2D eigenvalue weighted by molar-refractivity contribution is 0.215. The van der Waals surface area contributed by atoms with Crippen molar-refractivity contribution >= 4 is 11.7 Å². The van der Waals surface area contributed by atoms with E-state index in [1.807, 2.05) is 0 Å². The fraction of sp³-hybridized carbons (Fsp3) is 0.500. The van der Waals surface area contributed by atoms with Crippen molar-refractivity contribution in [3.05, 3.63) is 29.8 Å². The summed E-state index contributed by atoms with van der Waals surface area (Å²) in [5.74, 6) is 1.16. The number of amides is 2. The molecule has 2 aliphatic heterocycles. The van der Waals surface area contributed by atoms with Gasteiger partial charge in [0.1, 0.15) is 0 Å². The largest absolute Gasteiger partial charge is 0.371 e. The van der Waals surface area contributed by atoms with Crippen molar-refractivity contribution < 1.29 is 4.79 Å². The lowest BCUT2D eigenvalue weighted by atomic mass is 10.0. The maximum atomic E-state index is 11.2. The minimum absolute atomic E-state index is 0.272. The first-order valence-electron chi connectivity index (χ1n) is 6.49. The summed E-state index contributed by atoms with van der Waals surface area (Å²) in [4.78, 5) is 15.4. The molecule has 4 nitrogen and oxygen atoms in total. The van der Waals surface area contributed by atoms with Gasteiger partial charge in [-0.2, -0.15) is 0 Å². The van der Waals surface area contributed by atoms with Crippen LogP contribution < -0.4 is 10.6 Å². The number of nitrogens with zero attached hydrogens (tertiary/aromatic N) is 2. The minimum Gasteiger partial charge on any atom is -0.371 e. The SMILES string of the molecule is Cc1ccc(N2CC3CN(C(N)=O)CC3C2)cc1. The van der Waals surface area contributed by atoms with Crippen LogP contribution in [0.15, 0.2) is 24.3 Å². The molecule has 96 valence electrons. The zero-order chi connectivity index (χ0) is 12.7. The number of hydrogen-bond acceptors (Lipinski definition) is 2. The predicted octanol–water partition coefficient (Wildman–Crippen LogP) is 1.44. The van der Waals surface area contributed by atoms with Gasteiger partial charge in [0.2, 0.25) is 0 Å². The van der Waals surface area contributed by atoms with Crippen LogP contribution in [0.25, 0.3) is 0 Å². The summed E-state index contributed by atoms with van der Waals surface area (Å²) in [6.07, 6.45) is 0. The summed E-state index contributed by atoms with van der Waals surface area (Å²) in [5.41, 5.74) is 7.92. The van der Waals surface area contributed by atoms with E-state index in [9.17, 15) is 4.79 Å². The summed E-state index contributed by atoms with van der Waals surface area (Å²) in [6.45, 7) is 5.83. The highest BCUT2D eigenvalue weighted by atomic mass is 16.2. The quantitative estimate of drug-likeness (QED) is 0.814. The Balaban J connectivity index is 1.68. The van der Waals surface area contributed by atoms with Crippen LogP contribution in [0.2, 0.25) is 0 Å². The number of fused-ring (bicyclic) bond motifs is 1. The van der Waals surface area contributed by atoms with Gasteiger partial charge in [-0.3, -0.25) is 0 Å². The molecule has 4 heteroatoms. The average molecular weight is 245 g/mol. The number of nitrogens with two attached hydrogens (primary N) is 1. The number of aryl methyl sites for hydroxylation is 1. The first-order valence-corrected chi connectivity index (χ1v) is 6.49. The fourth-order valence-corrected chi connectivity index (χ4v) is 3.14. The maximum absolute atomic E-state index is 11.2. The van der Waals surface area contributed by atoms with E-state index in [-0.39, 0.29) is 6.03 Å². The zero-order valence-corrected chi connectivity index (χ0v) is 10.7. The van der Waals surface area contributed by atoms with Crippen molar-refractivity contribution in [1.82, 2.24) is 4.90 Å². The zero-order valence-electron chi connectivity index (χ0n) is 10.7. The summed E-state index contributed by atoms with van der Waals surface area (Å²) in [6, 6.07) is 8.40. The normalized spacial score (nSPS) is 26.5. The van der Waals surface area contributed by atoms with Crippen LogP contribution >= 0.6 is 0 Å². The molecule has 1 aromatic carbocycles. The summed E-state index contributed by atoms with van der Waals surface area (Å²) < 4.78 is 0. The molecule has 0 spiro atoms. The third kappa shape index (κ3) is 1.92. The number of carbonyl (C=O) groups excluding carboxylic acids is 1. The second kappa shape index (κ2) is 4.19. The number of rotatable bonds is 1. The Morgan fingerprint density at radius 1 is 1.11 bits per heavy atom. The van der Waals surface area contributed by atoms with Gasteiger partial charge in [-0.15, -0.1) is 0 Å². The number of carbonyl (C=O) groups is 1. The topological polar surface area (TPSA) is 49.6 Å². The Morgan fingerprint density at radius 2 is 1.67 bits per heavy atom. The lowest BCUT2D eigenvalue weighted by Crippen LogP contribution is -2.36. The van der Waals surface area contributed by atoms with Gasteiger partial charge in [0.05, 0.1) is 0 Å². The summed E-state index contributed by atoms with van der Waals surface area (Å²) in [7, 11) is 0. The van der Waals surface area contributed by atoms with Gasteiger partial charge in [-0.1, -0.05) is 17.7 Å². The monoisotopic (exact) mass is 245 g/mol. The Hall–Kier alpha value is -1.71. The highest BCUT2D eigenvalue weighted by molar-refractivity contribution is 5.72. The van der Waals surface area contributed by atoms with E-state index in [1.54, 1.807) is 4.90 Å². The molecule has 1 aromatic rings. The van der Waals surface area contributed by atoms with Gasteiger partial charge in [-0.05, 0) is 19.1 Å². The summed E-state index contributed by atoms with van der Waals surface area (Å²) >= 11 is 0. The van der Waals surface area contributed by atoms with Crippen LogP contribution in [0, 0.1) is 18.8 Å². The van der Waals surface area contributed by atoms with E-state index in [0.29, 0.717) is 11.8 Å². The van der Waals surface area contributed by atoms with E-state index in [1.165, 1.54) is 11.3 Å². The second-order valence-corrected chi connectivity index (χ2v) is 5.50. The van der Waals surface area contributed by atoms with Gasteiger partial charge in [-0.25, -0.2) is 4.79 Å².